The third kappa shape index (κ3) is 4.75. The van der Waals surface area contributed by atoms with Crippen molar-refractivity contribution in [2.45, 2.75) is 31.8 Å². The van der Waals surface area contributed by atoms with Gasteiger partial charge in [-0.1, -0.05) is 12.1 Å². The van der Waals surface area contributed by atoms with Crippen molar-refractivity contribution < 1.29 is 26.0 Å². The fraction of sp³-hybridized carbons (Fsp3) is 0.278. The highest BCUT2D eigenvalue weighted by atomic mass is 32.2. The zero-order valence-corrected chi connectivity index (χ0v) is 16.7. The van der Waals surface area contributed by atoms with Gasteiger partial charge in [0, 0.05) is 11.7 Å². The molecule has 0 atom stereocenters. The molecular weight excluding hydrogens is 426 g/mol. The Morgan fingerprint density at radius 1 is 1.10 bits per heavy atom. The molecule has 0 radical (unpaired) electrons. The monoisotopic (exact) mass is 443 g/mol. The summed E-state index contributed by atoms with van der Waals surface area (Å²) in [6, 6.07) is 5.69. The largest absolute Gasteiger partial charge is 0.449 e. The minimum atomic E-state index is -4.70. The van der Waals surface area contributed by atoms with Crippen molar-refractivity contribution in [1.29, 1.82) is 0 Å². The number of hydrogen-bond donors (Lipinski definition) is 2. The molecule has 0 bridgehead atoms. The number of halogens is 4. The second kappa shape index (κ2) is 8.38. The molecule has 0 saturated carbocycles. The van der Waals surface area contributed by atoms with Gasteiger partial charge in [0.1, 0.15) is 16.4 Å². The van der Waals surface area contributed by atoms with Crippen LogP contribution in [0.1, 0.15) is 31.3 Å². The first kappa shape index (κ1) is 21.7. The van der Waals surface area contributed by atoms with Gasteiger partial charge >= 0.3 is 6.18 Å². The van der Waals surface area contributed by atoms with Gasteiger partial charge in [0.25, 0.3) is 0 Å². The summed E-state index contributed by atoms with van der Waals surface area (Å²) in [5.74, 6) is -2.19. The highest BCUT2D eigenvalue weighted by Gasteiger charge is 2.38. The maximum Gasteiger partial charge on any atom is 0.449 e. The second-order valence-corrected chi connectivity index (χ2v) is 7.61. The van der Waals surface area contributed by atoms with E-state index in [1.165, 1.54) is 13.8 Å². The van der Waals surface area contributed by atoms with Gasteiger partial charge in [-0.15, -0.1) is 0 Å². The number of thiol groups is 1. The van der Waals surface area contributed by atoms with Crippen LogP contribution in [0.15, 0.2) is 36.7 Å². The molecule has 3 rings (SSSR count). The summed E-state index contributed by atoms with van der Waals surface area (Å²) in [7, 11) is -2.56. The molecule has 3 aromatic rings. The number of rotatable bonds is 6. The number of aromatic nitrogens is 4. The Morgan fingerprint density at radius 2 is 1.77 bits per heavy atom. The van der Waals surface area contributed by atoms with Crippen LogP contribution in [-0.2, 0) is 22.6 Å². The van der Waals surface area contributed by atoms with Crippen LogP contribution in [-0.4, -0.2) is 27.9 Å². The second-order valence-electron chi connectivity index (χ2n) is 6.63. The minimum Gasteiger partial charge on any atom is -0.324 e. The Morgan fingerprint density at radius 3 is 2.33 bits per heavy atom. The Bertz CT molecular complexity index is 1120. The number of alkyl halides is 3. The van der Waals surface area contributed by atoms with Crippen molar-refractivity contribution in [3.8, 4) is 11.4 Å². The van der Waals surface area contributed by atoms with Crippen molar-refractivity contribution in [3.63, 3.8) is 0 Å². The van der Waals surface area contributed by atoms with E-state index in [0.29, 0.717) is 11.3 Å². The van der Waals surface area contributed by atoms with E-state index < -0.39 is 34.6 Å². The lowest BCUT2D eigenvalue weighted by Crippen LogP contribution is -2.17. The van der Waals surface area contributed by atoms with Gasteiger partial charge in [0.15, 0.2) is 5.82 Å². The van der Waals surface area contributed by atoms with Crippen molar-refractivity contribution >= 4 is 22.3 Å². The summed E-state index contributed by atoms with van der Waals surface area (Å²) in [4.78, 5) is 11.3. The van der Waals surface area contributed by atoms with E-state index in [1.807, 2.05) is 0 Å². The molecule has 0 saturated heterocycles. The number of imidazole rings is 1. The number of nitrogens with one attached hydrogen (secondary N) is 1. The molecule has 0 aliphatic rings. The summed E-state index contributed by atoms with van der Waals surface area (Å²) in [5, 5.41) is 2.82. The number of hydrogen-bond acceptors (Lipinski definition) is 6. The van der Waals surface area contributed by atoms with Gasteiger partial charge in [0.05, 0.1) is 23.8 Å². The zero-order valence-electron chi connectivity index (χ0n) is 15.8. The van der Waals surface area contributed by atoms with Crippen molar-refractivity contribution in [2.24, 2.45) is 0 Å². The average Bonchev–Trinajstić information content (AvgIpc) is 3.10. The third-order valence-electron chi connectivity index (χ3n) is 4.08. The van der Waals surface area contributed by atoms with Gasteiger partial charge < -0.3 is 9.88 Å². The van der Waals surface area contributed by atoms with Gasteiger partial charge in [-0.3, -0.25) is 0 Å². The summed E-state index contributed by atoms with van der Waals surface area (Å²) < 4.78 is 76.6. The van der Waals surface area contributed by atoms with Crippen molar-refractivity contribution in [2.75, 3.05) is 5.32 Å². The molecule has 2 heterocycles. The predicted molar refractivity (Wildman–Crippen MR) is 102 cm³/mol. The molecule has 0 unspecified atom stereocenters. The molecular formula is C18H17F4N5O2S. The molecule has 1 N–H and O–H groups in total. The summed E-state index contributed by atoms with van der Waals surface area (Å²) in [6.07, 6.45) is -2.92. The van der Waals surface area contributed by atoms with Crippen molar-refractivity contribution in [3.05, 3.63) is 53.9 Å². The normalized spacial score (nSPS) is 12.0. The SMILES string of the molecule is CC(C)n1c(-c2nc(Nc3ccc(C[SH](=O)=O)cc3)ncc2F)cnc1C(F)(F)F. The molecule has 1 aromatic carbocycles. The average molecular weight is 443 g/mol. The van der Waals surface area contributed by atoms with E-state index in [-0.39, 0.29) is 23.1 Å². The van der Waals surface area contributed by atoms with E-state index in [0.717, 1.165) is 17.0 Å². The lowest BCUT2D eigenvalue weighted by Gasteiger charge is -2.17. The topological polar surface area (TPSA) is 89.8 Å². The quantitative estimate of drug-likeness (QED) is 0.443. The molecule has 160 valence electrons. The van der Waals surface area contributed by atoms with E-state index in [1.54, 1.807) is 24.3 Å². The smallest absolute Gasteiger partial charge is 0.324 e. The fourth-order valence-electron chi connectivity index (χ4n) is 2.85. The summed E-state index contributed by atoms with van der Waals surface area (Å²) >= 11 is 0. The molecule has 7 nitrogen and oxygen atoms in total. The van der Waals surface area contributed by atoms with Crippen LogP contribution in [0.5, 0.6) is 0 Å². The number of anilines is 2. The zero-order chi connectivity index (χ0) is 22.1. The molecule has 0 fully saturated rings. The van der Waals surface area contributed by atoms with E-state index in [4.69, 9.17) is 0 Å². The first-order chi connectivity index (χ1) is 14.1. The van der Waals surface area contributed by atoms with Gasteiger partial charge in [-0.2, -0.15) is 13.2 Å². The van der Waals surface area contributed by atoms with Crippen LogP contribution in [0.25, 0.3) is 11.4 Å². The maximum atomic E-state index is 14.4. The minimum absolute atomic E-state index is 0.0425. The highest BCUT2D eigenvalue weighted by Crippen LogP contribution is 2.34. The van der Waals surface area contributed by atoms with Crippen LogP contribution in [0.3, 0.4) is 0 Å². The van der Waals surface area contributed by atoms with Crippen molar-refractivity contribution in [1.82, 2.24) is 19.5 Å². The fourth-order valence-corrected chi connectivity index (χ4v) is 3.36. The highest BCUT2D eigenvalue weighted by molar-refractivity contribution is 7.71. The Balaban J connectivity index is 1.96. The molecule has 0 aliphatic heterocycles. The lowest BCUT2D eigenvalue weighted by molar-refractivity contribution is -0.147. The molecule has 30 heavy (non-hydrogen) atoms. The van der Waals surface area contributed by atoms with E-state index in [2.05, 4.69) is 20.3 Å². The van der Waals surface area contributed by atoms with Gasteiger partial charge in [-0.25, -0.2) is 27.8 Å². The Hall–Kier alpha value is -3.02. The van der Waals surface area contributed by atoms with Crippen LogP contribution in [0, 0.1) is 5.82 Å². The Labute approximate surface area is 170 Å². The van der Waals surface area contributed by atoms with E-state index in [9.17, 15) is 26.0 Å². The van der Waals surface area contributed by atoms with E-state index >= 15 is 0 Å². The third-order valence-corrected chi connectivity index (χ3v) is 4.70. The summed E-state index contributed by atoms with van der Waals surface area (Å²) in [5.41, 5.74) is 0.614. The molecule has 0 amide bonds. The molecule has 0 aliphatic carbocycles. The summed E-state index contributed by atoms with van der Waals surface area (Å²) in [6.45, 7) is 3.05. The maximum absolute atomic E-state index is 14.4. The van der Waals surface area contributed by atoms with Gasteiger partial charge in [-0.05, 0) is 31.5 Å². The first-order valence-corrected chi connectivity index (χ1v) is 10.1. The molecule has 12 heteroatoms. The number of benzene rings is 1. The van der Waals surface area contributed by atoms with Gasteiger partial charge in [0.2, 0.25) is 11.8 Å². The first-order valence-electron chi connectivity index (χ1n) is 8.71. The van der Waals surface area contributed by atoms with Crippen LogP contribution >= 0.6 is 0 Å². The number of nitrogens with zero attached hydrogens (tertiary/aromatic N) is 4. The Kier molecular flexibility index (Phi) is 6.06. The molecule has 2 aromatic heterocycles. The molecule has 0 spiro atoms. The van der Waals surface area contributed by atoms with Crippen LogP contribution < -0.4 is 5.32 Å². The van der Waals surface area contributed by atoms with Crippen LogP contribution in [0.4, 0.5) is 29.2 Å². The van der Waals surface area contributed by atoms with Crippen LogP contribution in [0.2, 0.25) is 0 Å². The standard InChI is InChI=1S/C18H17F4N5O2S/c1-10(2)27-14(8-23-16(27)18(20,21)22)15-13(19)7-24-17(26-15)25-12-5-3-11(4-6-12)9-30(28)29/h3-8,10,30H,9H2,1-2H3,(H,24,25,26). The predicted octanol–water partition coefficient (Wildman–Crippen LogP) is 3.93. The lowest BCUT2D eigenvalue weighted by atomic mass is 10.2.